The second kappa shape index (κ2) is 7.21. The van der Waals surface area contributed by atoms with Crippen molar-refractivity contribution < 1.29 is 39.5 Å². The van der Waals surface area contributed by atoms with Crippen LogP contribution >= 0.6 is 0 Å². The molecule has 6 atom stereocenters. The van der Waals surface area contributed by atoms with Crippen LogP contribution in [0.3, 0.4) is 0 Å². The fraction of sp³-hybridized carbons (Fsp3) is 0.769. The molecule has 1 saturated heterocycles. The first-order chi connectivity index (χ1) is 10.5. The number of carbonyl (C=O) groups excluding carboxylic acids is 2. The summed E-state index contributed by atoms with van der Waals surface area (Å²) >= 11 is 0. The van der Waals surface area contributed by atoms with Crippen LogP contribution in [-0.2, 0) is 19.1 Å². The number of amides is 2. The molecule has 0 radical (unpaired) electrons. The second-order valence-electron chi connectivity index (χ2n) is 5.64. The molecule has 0 spiro atoms. The van der Waals surface area contributed by atoms with Crippen molar-refractivity contribution in [3.8, 4) is 0 Å². The predicted molar refractivity (Wildman–Crippen MR) is 75.0 cm³/mol. The van der Waals surface area contributed by atoms with Crippen molar-refractivity contribution in [2.75, 3.05) is 0 Å². The van der Waals surface area contributed by atoms with Crippen molar-refractivity contribution in [2.45, 2.75) is 63.4 Å². The molecule has 0 aliphatic carbocycles. The van der Waals surface area contributed by atoms with E-state index < -0.39 is 60.4 Å². The summed E-state index contributed by atoms with van der Waals surface area (Å²) in [5.74, 6) is -5.50. The molecule has 0 aromatic heterocycles. The molecule has 2 unspecified atom stereocenters. The van der Waals surface area contributed by atoms with Crippen LogP contribution in [0.25, 0.3) is 0 Å². The molecule has 23 heavy (non-hydrogen) atoms. The fourth-order valence-corrected chi connectivity index (χ4v) is 2.54. The average molecular weight is 334 g/mol. The number of rotatable bonds is 5. The molecule has 1 aliphatic heterocycles. The van der Waals surface area contributed by atoms with Gasteiger partial charge < -0.3 is 35.8 Å². The number of carbonyl (C=O) groups is 3. The lowest BCUT2D eigenvalue weighted by Crippen LogP contribution is -2.69. The number of carboxylic acid groups (broad SMARTS) is 1. The van der Waals surface area contributed by atoms with Crippen LogP contribution in [0, 0.1) is 0 Å². The normalized spacial score (nSPS) is 33.4. The van der Waals surface area contributed by atoms with E-state index in [0.717, 1.165) is 0 Å². The molecule has 1 fully saturated rings. The van der Waals surface area contributed by atoms with Crippen molar-refractivity contribution in [2.24, 2.45) is 0 Å². The maximum absolute atomic E-state index is 11.3. The van der Waals surface area contributed by atoms with Gasteiger partial charge in [-0.2, -0.15) is 0 Å². The van der Waals surface area contributed by atoms with Crippen molar-refractivity contribution in [3.63, 3.8) is 0 Å². The molecule has 10 nitrogen and oxygen atoms in total. The summed E-state index contributed by atoms with van der Waals surface area (Å²) in [6, 6.07) is -2.29. The lowest BCUT2D eigenvalue weighted by molar-refractivity contribution is -0.283. The topological polar surface area (TPSA) is 165 Å². The average Bonchev–Trinajstić information content (AvgIpc) is 2.38. The Kier molecular flexibility index (Phi) is 6.05. The highest BCUT2D eigenvalue weighted by Gasteiger charge is 2.53. The minimum atomic E-state index is -2.70. The Balaban J connectivity index is 3.21. The zero-order valence-corrected chi connectivity index (χ0v) is 13.0. The number of hydrogen-bond donors (Lipinski definition) is 6. The molecule has 132 valence electrons. The van der Waals surface area contributed by atoms with Crippen LogP contribution in [0.5, 0.6) is 0 Å². The first kappa shape index (κ1) is 19.3. The number of carboxylic acids is 1. The van der Waals surface area contributed by atoms with Crippen molar-refractivity contribution in [1.82, 2.24) is 10.6 Å². The molecule has 2 amide bonds. The molecule has 6 N–H and O–H groups in total. The Morgan fingerprint density at radius 1 is 1.26 bits per heavy atom. The van der Waals surface area contributed by atoms with Gasteiger partial charge in [-0.25, -0.2) is 4.79 Å². The number of ether oxygens (including phenoxy) is 1. The van der Waals surface area contributed by atoms with Gasteiger partial charge in [0.15, 0.2) is 0 Å². The summed E-state index contributed by atoms with van der Waals surface area (Å²) in [4.78, 5) is 33.8. The summed E-state index contributed by atoms with van der Waals surface area (Å²) in [5.41, 5.74) is 0. The Morgan fingerprint density at radius 3 is 2.22 bits per heavy atom. The van der Waals surface area contributed by atoms with Crippen LogP contribution in [-0.4, -0.2) is 74.4 Å². The summed E-state index contributed by atoms with van der Waals surface area (Å²) in [5, 5.41) is 43.8. The van der Waals surface area contributed by atoms with Crippen LogP contribution in [0.15, 0.2) is 0 Å². The quantitative estimate of drug-likeness (QED) is 0.316. The van der Waals surface area contributed by atoms with Gasteiger partial charge in [0, 0.05) is 20.3 Å². The van der Waals surface area contributed by atoms with Crippen LogP contribution in [0.1, 0.15) is 27.2 Å². The van der Waals surface area contributed by atoms with Gasteiger partial charge in [0.05, 0.1) is 24.3 Å². The van der Waals surface area contributed by atoms with E-state index in [9.17, 15) is 29.7 Å². The first-order valence-corrected chi connectivity index (χ1v) is 7.02. The smallest absolute Gasteiger partial charge is 0.364 e. The van der Waals surface area contributed by atoms with Crippen LogP contribution in [0.2, 0.25) is 0 Å². The van der Waals surface area contributed by atoms with Crippen LogP contribution in [0.4, 0.5) is 0 Å². The van der Waals surface area contributed by atoms with Crippen LogP contribution < -0.4 is 10.6 Å². The molecule has 1 heterocycles. The maximum Gasteiger partial charge on any atom is 0.364 e. The Hall–Kier alpha value is -1.75. The van der Waals surface area contributed by atoms with Gasteiger partial charge in [0.2, 0.25) is 11.8 Å². The van der Waals surface area contributed by atoms with Gasteiger partial charge in [0.25, 0.3) is 5.79 Å². The number of aliphatic hydroxyl groups excluding tert-OH is 2. The molecule has 0 saturated carbocycles. The molecule has 0 bridgehead atoms. The van der Waals surface area contributed by atoms with Gasteiger partial charge in [-0.15, -0.1) is 0 Å². The molecule has 0 aromatic carbocycles. The molecule has 1 rings (SSSR count). The third-order valence-corrected chi connectivity index (χ3v) is 3.53. The van der Waals surface area contributed by atoms with Crippen molar-refractivity contribution in [1.29, 1.82) is 0 Å². The molecular weight excluding hydrogens is 312 g/mol. The minimum Gasteiger partial charge on any atom is -0.477 e. The predicted octanol–water partition coefficient (Wildman–Crippen LogP) is -2.70. The highest BCUT2D eigenvalue weighted by molar-refractivity contribution is 5.76. The van der Waals surface area contributed by atoms with E-state index in [2.05, 4.69) is 10.6 Å². The molecule has 1 aliphatic rings. The number of aliphatic carboxylic acids is 1. The van der Waals surface area contributed by atoms with Crippen molar-refractivity contribution >= 4 is 17.8 Å². The van der Waals surface area contributed by atoms with Gasteiger partial charge in [-0.05, 0) is 6.92 Å². The minimum absolute atomic E-state index is 0.532. The lowest BCUT2D eigenvalue weighted by atomic mass is 9.87. The third-order valence-electron chi connectivity index (χ3n) is 3.53. The van der Waals surface area contributed by atoms with Gasteiger partial charge in [0.1, 0.15) is 6.10 Å². The zero-order valence-electron chi connectivity index (χ0n) is 13.0. The highest BCUT2D eigenvalue weighted by atomic mass is 16.7. The molecule has 0 aromatic rings. The van der Waals surface area contributed by atoms with E-state index in [1.165, 1.54) is 20.8 Å². The summed E-state index contributed by atoms with van der Waals surface area (Å²) in [6.45, 7) is 3.67. The van der Waals surface area contributed by atoms with Gasteiger partial charge >= 0.3 is 5.97 Å². The van der Waals surface area contributed by atoms with Gasteiger partial charge in [-0.3, -0.25) is 9.59 Å². The van der Waals surface area contributed by atoms with E-state index in [1.807, 2.05) is 0 Å². The van der Waals surface area contributed by atoms with Gasteiger partial charge in [-0.1, -0.05) is 0 Å². The summed E-state index contributed by atoms with van der Waals surface area (Å²) in [7, 11) is 0. The van der Waals surface area contributed by atoms with Crippen molar-refractivity contribution in [3.05, 3.63) is 0 Å². The lowest BCUT2D eigenvalue weighted by Gasteiger charge is -2.45. The Bertz CT molecular complexity index is 465. The third kappa shape index (κ3) is 4.61. The second-order valence-corrected chi connectivity index (χ2v) is 5.64. The SMILES string of the molecule is CC(=O)NC1C([C@H](NC(C)=O)[C@@H](C)O)O[C@@](O)(C(=O)O)C[C@H]1O. The molecule has 10 heteroatoms. The largest absolute Gasteiger partial charge is 0.477 e. The number of aliphatic hydroxyl groups is 3. The number of hydrogen-bond acceptors (Lipinski definition) is 7. The van der Waals surface area contributed by atoms with E-state index >= 15 is 0 Å². The fourth-order valence-electron chi connectivity index (χ4n) is 2.54. The standard InChI is InChI=1S/C13H22N2O8/c1-5(16)9(14-6(2)17)11-10(15-7(3)18)8(19)4-13(22,23-11)12(20)21/h5,8-11,16,19,22H,4H2,1-3H3,(H,14,17)(H,15,18)(H,20,21)/t5-,8-,9-,10?,11?,13-/m1/s1. The first-order valence-electron chi connectivity index (χ1n) is 7.02. The van der Waals surface area contributed by atoms with E-state index in [1.54, 1.807) is 0 Å². The zero-order chi connectivity index (χ0) is 17.9. The maximum atomic E-state index is 11.3. The van der Waals surface area contributed by atoms with E-state index in [0.29, 0.717) is 0 Å². The summed E-state index contributed by atoms with van der Waals surface area (Å²) in [6.07, 6.45) is -4.72. The Labute approximate surface area is 132 Å². The highest BCUT2D eigenvalue weighted by Crippen LogP contribution is 2.30. The summed E-state index contributed by atoms with van der Waals surface area (Å²) < 4.78 is 5.15. The number of nitrogens with one attached hydrogen (secondary N) is 2. The monoisotopic (exact) mass is 334 g/mol. The van der Waals surface area contributed by atoms with E-state index in [-0.39, 0.29) is 0 Å². The van der Waals surface area contributed by atoms with E-state index in [4.69, 9.17) is 9.84 Å². The Morgan fingerprint density at radius 2 is 1.83 bits per heavy atom. The molecular formula is C13H22N2O8.